The van der Waals surface area contributed by atoms with Crippen molar-refractivity contribution in [1.29, 1.82) is 0 Å². The fourth-order valence-electron chi connectivity index (χ4n) is 3.39. The molecule has 1 N–H and O–H groups in total. The number of hydrogen-bond donors (Lipinski definition) is 1. The molecule has 4 nitrogen and oxygen atoms in total. The van der Waals surface area contributed by atoms with Crippen LogP contribution in [-0.4, -0.2) is 41.9 Å². The van der Waals surface area contributed by atoms with Crippen molar-refractivity contribution in [2.24, 2.45) is 0 Å². The maximum absolute atomic E-state index is 13.1. The second-order valence-electron chi connectivity index (χ2n) is 6.38. The van der Waals surface area contributed by atoms with Crippen LogP contribution in [0.1, 0.15) is 41.2 Å². The van der Waals surface area contributed by atoms with Crippen LogP contribution < -0.4 is 4.74 Å². The highest BCUT2D eigenvalue weighted by atomic mass is 32.2. The Kier molecular flexibility index (Phi) is 6.58. The average Bonchev–Trinajstić information content (AvgIpc) is 2.72. The van der Waals surface area contributed by atoms with E-state index in [1.165, 1.54) is 0 Å². The molecule has 1 aliphatic rings. The van der Waals surface area contributed by atoms with Crippen molar-refractivity contribution >= 4 is 17.7 Å². The van der Waals surface area contributed by atoms with E-state index in [2.05, 4.69) is 6.07 Å². The number of nitrogens with zero attached hydrogens (tertiary/aromatic N) is 1. The van der Waals surface area contributed by atoms with Crippen molar-refractivity contribution < 1.29 is 14.6 Å². The lowest BCUT2D eigenvalue weighted by atomic mass is 9.94. The summed E-state index contributed by atoms with van der Waals surface area (Å²) in [6.45, 7) is 0.934. The number of piperidine rings is 1. The van der Waals surface area contributed by atoms with Crippen LogP contribution in [0.15, 0.2) is 53.4 Å². The average molecular weight is 372 g/mol. The summed E-state index contributed by atoms with van der Waals surface area (Å²) in [6.07, 6.45) is 3.14. The van der Waals surface area contributed by atoms with E-state index in [-0.39, 0.29) is 18.6 Å². The molecule has 0 unspecified atom stereocenters. The molecule has 0 spiro atoms. The molecule has 0 radical (unpaired) electrons. The maximum Gasteiger partial charge on any atom is 0.254 e. The van der Waals surface area contributed by atoms with Gasteiger partial charge in [-0.1, -0.05) is 12.1 Å². The minimum atomic E-state index is 0.0798. The summed E-state index contributed by atoms with van der Waals surface area (Å²) >= 11 is 1.59. The fourth-order valence-corrected chi connectivity index (χ4v) is 4.05. The van der Waals surface area contributed by atoms with Gasteiger partial charge in [0.25, 0.3) is 5.91 Å². The van der Waals surface area contributed by atoms with Crippen LogP contribution in [0.5, 0.6) is 5.75 Å². The zero-order chi connectivity index (χ0) is 18.4. The molecule has 1 atom stereocenters. The summed E-state index contributed by atoms with van der Waals surface area (Å²) < 4.78 is 5.35. The van der Waals surface area contributed by atoms with E-state index in [1.54, 1.807) is 18.9 Å². The second-order valence-corrected chi connectivity index (χ2v) is 7.55. The molecule has 0 aliphatic carbocycles. The number of thioether (sulfide) groups is 1. The Labute approximate surface area is 159 Å². The molecule has 0 bridgehead atoms. The minimum absolute atomic E-state index is 0.0798. The predicted octanol–water partition coefficient (Wildman–Crippen LogP) is 4.15. The molecule has 1 saturated heterocycles. The van der Waals surface area contributed by atoms with Crippen LogP contribution in [0.3, 0.4) is 0 Å². The largest absolute Gasteiger partial charge is 0.497 e. The van der Waals surface area contributed by atoms with Crippen LogP contribution in [0.2, 0.25) is 0 Å². The molecule has 0 saturated carbocycles. The molecule has 0 aromatic heterocycles. The third kappa shape index (κ3) is 4.40. The Hall–Kier alpha value is -1.98. The Balaban J connectivity index is 1.79. The summed E-state index contributed by atoms with van der Waals surface area (Å²) in [5.74, 6) is 1.57. The van der Waals surface area contributed by atoms with Gasteiger partial charge >= 0.3 is 0 Å². The van der Waals surface area contributed by atoms with Gasteiger partial charge in [0.1, 0.15) is 5.75 Å². The molecule has 1 heterocycles. The zero-order valence-electron chi connectivity index (χ0n) is 15.1. The topological polar surface area (TPSA) is 49.8 Å². The summed E-state index contributed by atoms with van der Waals surface area (Å²) in [6, 6.07) is 15.8. The lowest BCUT2D eigenvalue weighted by Crippen LogP contribution is -2.38. The molecule has 5 heteroatoms. The molecule has 138 valence electrons. The van der Waals surface area contributed by atoms with Gasteiger partial charge in [0.2, 0.25) is 0 Å². The molecular weight excluding hydrogens is 346 g/mol. The quantitative estimate of drug-likeness (QED) is 0.775. The third-order valence-corrected chi connectivity index (χ3v) is 5.70. The Morgan fingerprint density at radius 1 is 1.23 bits per heavy atom. The van der Waals surface area contributed by atoms with Crippen molar-refractivity contribution in [2.45, 2.75) is 30.2 Å². The predicted molar refractivity (Wildman–Crippen MR) is 105 cm³/mol. The number of aliphatic hydroxyl groups excluding tert-OH is 1. The van der Waals surface area contributed by atoms with Crippen molar-refractivity contribution in [2.75, 3.05) is 26.0 Å². The lowest BCUT2D eigenvalue weighted by molar-refractivity contribution is 0.0611. The Morgan fingerprint density at radius 3 is 2.77 bits per heavy atom. The van der Waals surface area contributed by atoms with Crippen molar-refractivity contribution in [3.63, 3.8) is 0 Å². The lowest BCUT2D eigenvalue weighted by Gasteiger charge is -2.36. The van der Waals surface area contributed by atoms with E-state index in [0.29, 0.717) is 11.3 Å². The molecule has 1 amide bonds. The van der Waals surface area contributed by atoms with Crippen LogP contribution in [0, 0.1) is 0 Å². The molecule has 1 fully saturated rings. The number of aliphatic hydroxyl groups is 1. The number of rotatable bonds is 6. The normalized spacial score (nSPS) is 17.2. The number of benzene rings is 2. The number of carbonyl (C=O) groups excluding carboxylic acids is 1. The Bertz CT molecular complexity index is 732. The molecule has 1 aliphatic heterocycles. The number of hydrogen-bond acceptors (Lipinski definition) is 4. The van der Waals surface area contributed by atoms with E-state index in [1.807, 2.05) is 47.4 Å². The van der Waals surface area contributed by atoms with Gasteiger partial charge in [-0.3, -0.25) is 4.79 Å². The van der Waals surface area contributed by atoms with E-state index in [4.69, 9.17) is 9.84 Å². The van der Waals surface area contributed by atoms with Gasteiger partial charge in [-0.15, -0.1) is 11.8 Å². The highest BCUT2D eigenvalue weighted by Gasteiger charge is 2.28. The van der Waals surface area contributed by atoms with E-state index >= 15 is 0 Å². The number of likely N-dealkylation sites (tertiary alicyclic amines) is 1. The first-order valence-electron chi connectivity index (χ1n) is 9.01. The third-order valence-electron chi connectivity index (χ3n) is 4.70. The first kappa shape index (κ1) is 18.8. The van der Waals surface area contributed by atoms with Crippen molar-refractivity contribution in [3.05, 3.63) is 59.7 Å². The molecular formula is C21H25NO3S. The number of ether oxygens (including phenoxy) is 1. The van der Waals surface area contributed by atoms with Gasteiger partial charge in [0.05, 0.1) is 19.8 Å². The number of amides is 1. The number of carbonyl (C=O) groups is 1. The number of methoxy groups -OCH3 is 1. The van der Waals surface area contributed by atoms with E-state index < -0.39 is 0 Å². The summed E-state index contributed by atoms with van der Waals surface area (Å²) in [5.41, 5.74) is 1.85. The summed E-state index contributed by atoms with van der Waals surface area (Å²) in [4.78, 5) is 16.2. The summed E-state index contributed by atoms with van der Waals surface area (Å²) in [7, 11) is 1.67. The SMILES string of the molecule is COc1cccc([C@H]2CCCCN2C(=O)c2ccc(SCCO)cc2)c1. The zero-order valence-corrected chi connectivity index (χ0v) is 15.9. The van der Waals surface area contributed by atoms with Gasteiger partial charge in [0.15, 0.2) is 0 Å². The molecule has 2 aromatic rings. The van der Waals surface area contributed by atoms with Gasteiger partial charge in [-0.05, 0) is 61.2 Å². The highest BCUT2D eigenvalue weighted by molar-refractivity contribution is 7.99. The van der Waals surface area contributed by atoms with Crippen LogP contribution in [-0.2, 0) is 0 Å². The van der Waals surface area contributed by atoms with Crippen LogP contribution in [0.4, 0.5) is 0 Å². The maximum atomic E-state index is 13.1. The van der Waals surface area contributed by atoms with Crippen molar-refractivity contribution in [3.8, 4) is 5.75 Å². The minimum Gasteiger partial charge on any atom is -0.497 e. The van der Waals surface area contributed by atoms with Gasteiger partial charge < -0.3 is 14.7 Å². The standard InChI is InChI=1S/C21H25NO3S/c1-25-18-6-4-5-17(15-18)20-7-2-3-12-22(20)21(24)16-8-10-19(11-9-16)26-14-13-23/h4-6,8-11,15,20,23H,2-3,7,12-14H2,1H3/t20-/m1/s1. The van der Waals surface area contributed by atoms with Gasteiger partial charge in [-0.25, -0.2) is 0 Å². The Morgan fingerprint density at radius 2 is 2.04 bits per heavy atom. The first-order chi connectivity index (χ1) is 12.7. The highest BCUT2D eigenvalue weighted by Crippen LogP contribution is 2.33. The van der Waals surface area contributed by atoms with E-state index in [9.17, 15) is 4.79 Å². The second kappa shape index (κ2) is 9.10. The summed E-state index contributed by atoms with van der Waals surface area (Å²) in [5, 5.41) is 8.92. The molecule has 2 aromatic carbocycles. The monoisotopic (exact) mass is 371 g/mol. The van der Waals surface area contributed by atoms with Gasteiger partial charge in [-0.2, -0.15) is 0 Å². The first-order valence-corrected chi connectivity index (χ1v) is 10.00. The fraction of sp³-hybridized carbons (Fsp3) is 0.381. The molecule has 26 heavy (non-hydrogen) atoms. The molecule has 3 rings (SSSR count). The van der Waals surface area contributed by atoms with Gasteiger partial charge in [0, 0.05) is 22.8 Å². The van der Waals surface area contributed by atoms with Crippen LogP contribution in [0.25, 0.3) is 0 Å². The van der Waals surface area contributed by atoms with E-state index in [0.717, 1.165) is 42.0 Å². The van der Waals surface area contributed by atoms with Crippen molar-refractivity contribution in [1.82, 2.24) is 4.90 Å². The smallest absolute Gasteiger partial charge is 0.254 e. The van der Waals surface area contributed by atoms with Crippen LogP contribution >= 0.6 is 11.8 Å².